The molecule has 150 valence electrons. The van der Waals surface area contributed by atoms with Gasteiger partial charge in [0.05, 0.1) is 23.3 Å². The molecule has 0 bridgehead atoms. The van der Waals surface area contributed by atoms with Crippen LogP contribution in [0.4, 0.5) is 26.3 Å². The number of benzene rings is 2. The predicted molar refractivity (Wildman–Crippen MR) is 92.0 cm³/mol. The Kier molecular flexibility index (Phi) is 4.35. The van der Waals surface area contributed by atoms with Gasteiger partial charge in [0.15, 0.2) is 0 Å². The first kappa shape index (κ1) is 19.1. The van der Waals surface area contributed by atoms with Gasteiger partial charge in [-0.15, -0.1) is 0 Å². The van der Waals surface area contributed by atoms with E-state index in [0.717, 1.165) is 24.3 Å². The monoisotopic (exact) mass is 402 g/mol. The molecule has 2 atom stereocenters. The van der Waals surface area contributed by atoms with E-state index in [1.807, 2.05) is 0 Å². The van der Waals surface area contributed by atoms with Crippen LogP contribution >= 0.6 is 0 Å². The van der Waals surface area contributed by atoms with Crippen molar-refractivity contribution in [3.05, 3.63) is 47.5 Å². The van der Waals surface area contributed by atoms with Gasteiger partial charge in [-0.1, -0.05) is 0 Å². The number of piperidine rings is 1. The van der Waals surface area contributed by atoms with Crippen LogP contribution in [0.25, 0.3) is 21.8 Å². The smallest absolute Gasteiger partial charge is 0.391 e. The van der Waals surface area contributed by atoms with Crippen molar-refractivity contribution < 1.29 is 31.4 Å². The lowest BCUT2D eigenvalue weighted by atomic mass is 10.0. The minimum Gasteiger partial charge on any atom is -0.391 e. The molecule has 2 N–H and O–H groups in total. The number of aliphatic hydroxyl groups excluding tert-OH is 1. The molecule has 0 radical (unpaired) electrons. The van der Waals surface area contributed by atoms with Crippen LogP contribution in [-0.4, -0.2) is 28.9 Å². The summed E-state index contributed by atoms with van der Waals surface area (Å²) in [6.07, 6.45) is -9.55. The van der Waals surface area contributed by atoms with E-state index in [1.165, 1.54) is 12.1 Å². The second-order valence-corrected chi connectivity index (χ2v) is 6.96. The maximum Gasteiger partial charge on any atom is 0.416 e. The molecule has 0 spiro atoms. The zero-order valence-corrected chi connectivity index (χ0v) is 14.4. The molecule has 28 heavy (non-hydrogen) atoms. The Balaban J connectivity index is 2.04. The van der Waals surface area contributed by atoms with Crippen LogP contribution in [0.1, 0.15) is 23.6 Å². The van der Waals surface area contributed by atoms with E-state index < -0.39 is 35.6 Å². The summed E-state index contributed by atoms with van der Waals surface area (Å²) in [5.74, 6) is 0. The van der Waals surface area contributed by atoms with Crippen LogP contribution in [0.3, 0.4) is 0 Å². The number of nitrogens with one attached hydrogen (secondary N) is 1. The van der Waals surface area contributed by atoms with Crippen molar-refractivity contribution >= 4 is 21.8 Å². The van der Waals surface area contributed by atoms with Crippen LogP contribution in [0, 0.1) is 0 Å². The summed E-state index contributed by atoms with van der Waals surface area (Å²) in [6, 6.07) is 5.57. The number of hydrogen-bond donors (Lipinski definition) is 2. The number of halogens is 6. The average molecular weight is 402 g/mol. The topological polar surface area (TPSA) is 37.2 Å². The molecule has 0 saturated carbocycles. The van der Waals surface area contributed by atoms with E-state index in [-0.39, 0.29) is 10.8 Å². The summed E-state index contributed by atoms with van der Waals surface area (Å²) in [7, 11) is 0. The van der Waals surface area contributed by atoms with Crippen LogP contribution in [0.5, 0.6) is 0 Å². The molecule has 4 rings (SSSR count). The number of aromatic nitrogens is 1. The minimum absolute atomic E-state index is 0.0775. The van der Waals surface area contributed by atoms with E-state index >= 15 is 0 Å². The molecule has 3 nitrogen and oxygen atoms in total. The third kappa shape index (κ3) is 3.12. The largest absolute Gasteiger partial charge is 0.416 e. The first-order valence-corrected chi connectivity index (χ1v) is 8.68. The third-order valence-electron chi connectivity index (χ3n) is 5.20. The van der Waals surface area contributed by atoms with Gasteiger partial charge in [-0.05, 0) is 49.4 Å². The third-order valence-corrected chi connectivity index (χ3v) is 5.20. The lowest BCUT2D eigenvalue weighted by molar-refractivity contribution is -0.138. The Morgan fingerprint density at radius 2 is 1.36 bits per heavy atom. The summed E-state index contributed by atoms with van der Waals surface area (Å²) in [5.41, 5.74) is -1.15. The second-order valence-electron chi connectivity index (χ2n) is 6.96. The molecule has 9 heteroatoms. The lowest BCUT2D eigenvalue weighted by Crippen LogP contribution is -2.41. The van der Waals surface area contributed by atoms with E-state index in [4.69, 9.17) is 0 Å². The molecule has 0 aliphatic carbocycles. The highest BCUT2D eigenvalue weighted by molar-refractivity contribution is 6.08. The van der Waals surface area contributed by atoms with Gasteiger partial charge in [-0.2, -0.15) is 26.3 Å². The van der Waals surface area contributed by atoms with Crippen molar-refractivity contribution in [3.8, 4) is 0 Å². The van der Waals surface area contributed by atoms with Gasteiger partial charge in [0, 0.05) is 28.4 Å². The Morgan fingerprint density at radius 3 is 1.79 bits per heavy atom. The predicted octanol–water partition coefficient (Wildman–Crippen LogP) is 4.73. The van der Waals surface area contributed by atoms with Crippen molar-refractivity contribution in [2.45, 2.75) is 30.9 Å². The van der Waals surface area contributed by atoms with Gasteiger partial charge in [0.2, 0.25) is 0 Å². The molecule has 2 heterocycles. The molecule has 1 aromatic heterocycles. The van der Waals surface area contributed by atoms with Crippen molar-refractivity contribution in [2.24, 2.45) is 0 Å². The Hall–Kier alpha value is -2.26. The Bertz CT molecular complexity index is 965. The van der Waals surface area contributed by atoms with Gasteiger partial charge >= 0.3 is 12.4 Å². The number of nitrogens with zero attached hydrogens (tertiary/aromatic N) is 1. The fraction of sp³-hybridized carbons (Fsp3) is 0.368. The number of rotatable bonds is 1. The molecule has 1 saturated heterocycles. The highest BCUT2D eigenvalue weighted by Crippen LogP contribution is 2.40. The van der Waals surface area contributed by atoms with E-state index in [0.29, 0.717) is 30.5 Å². The maximum atomic E-state index is 13.2. The Morgan fingerprint density at radius 1 is 0.857 bits per heavy atom. The zero-order chi connectivity index (χ0) is 20.3. The SMILES string of the molecule is O[C@@H]1CCNC[C@H]1n1c2ccc(C(F)(F)F)cc2c2cc(C(F)(F)F)ccc21. The molecule has 1 aliphatic heterocycles. The van der Waals surface area contributed by atoms with E-state index in [1.54, 1.807) is 4.57 Å². The van der Waals surface area contributed by atoms with Crippen molar-refractivity contribution in [3.63, 3.8) is 0 Å². The molecular weight excluding hydrogens is 386 g/mol. The van der Waals surface area contributed by atoms with Gasteiger partial charge in [-0.3, -0.25) is 0 Å². The molecule has 0 unspecified atom stereocenters. The number of fused-ring (bicyclic) bond motifs is 3. The van der Waals surface area contributed by atoms with Crippen LogP contribution in [0.15, 0.2) is 36.4 Å². The molecule has 1 fully saturated rings. The maximum absolute atomic E-state index is 13.2. The number of hydrogen-bond acceptors (Lipinski definition) is 2. The first-order chi connectivity index (χ1) is 13.1. The number of alkyl halides is 6. The fourth-order valence-electron chi connectivity index (χ4n) is 3.86. The summed E-state index contributed by atoms with van der Waals surface area (Å²) in [6.45, 7) is 0.952. The van der Waals surface area contributed by atoms with Gasteiger partial charge in [-0.25, -0.2) is 0 Å². The summed E-state index contributed by atoms with van der Waals surface area (Å²) >= 11 is 0. The van der Waals surface area contributed by atoms with Crippen molar-refractivity contribution in [1.82, 2.24) is 9.88 Å². The minimum atomic E-state index is -4.61. The molecule has 2 aromatic carbocycles. The number of aliphatic hydroxyl groups is 1. The summed E-state index contributed by atoms with van der Waals surface area (Å²) < 4.78 is 80.7. The van der Waals surface area contributed by atoms with Crippen molar-refractivity contribution in [2.75, 3.05) is 13.1 Å². The highest BCUT2D eigenvalue weighted by Gasteiger charge is 2.34. The normalized spacial score (nSPS) is 21.5. The van der Waals surface area contributed by atoms with E-state index in [9.17, 15) is 31.4 Å². The van der Waals surface area contributed by atoms with Crippen LogP contribution in [0.2, 0.25) is 0 Å². The van der Waals surface area contributed by atoms with Crippen molar-refractivity contribution in [1.29, 1.82) is 0 Å². The summed E-state index contributed by atoms with van der Waals surface area (Å²) in [5, 5.41) is 13.7. The second kappa shape index (κ2) is 6.38. The molecule has 1 aliphatic rings. The molecule has 0 amide bonds. The lowest BCUT2D eigenvalue weighted by Gasteiger charge is -2.31. The van der Waals surface area contributed by atoms with Gasteiger partial charge in [0.25, 0.3) is 0 Å². The highest BCUT2D eigenvalue weighted by atomic mass is 19.4. The quantitative estimate of drug-likeness (QED) is 0.578. The Labute approximate surface area is 155 Å². The van der Waals surface area contributed by atoms with E-state index in [2.05, 4.69) is 5.32 Å². The zero-order valence-electron chi connectivity index (χ0n) is 14.4. The molecular formula is C19H16F6N2O. The summed E-state index contributed by atoms with van der Waals surface area (Å²) in [4.78, 5) is 0. The van der Waals surface area contributed by atoms with Crippen LogP contribution in [-0.2, 0) is 12.4 Å². The fourth-order valence-corrected chi connectivity index (χ4v) is 3.86. The van der Waals surface area contributed by atoms with Crippen LogP contribution < -0.4 is 5.32 Å². The average Bonchev–Trinajstić information content (AvgIpc) is 2.94. The standard InChI is InChI=1S/C19H16F6N2O/c20-18(21,22)10-1-3-14-12(7-10)13-8-11(19(23,24)25)2-4-15(13)27(14)16-9-26-6-5-17(16)28/h1-4,7-8,16-17,26,28H,5-6,9H2/t16-,17-/m1/s1. The first-order valence-electron chi connectivity index (χ1n) is 8.68. The van der Waals surface area contributed by atoms with Gasteiger partial charge in [0.1, 0.15) is 0 Å². The molecule has 3 aromatic rings. The van der Waals surface area contributed by atoms with Gasteiger partial charge < -0.3 is 15.0 Å².